The van der Waals surface area contributed by atoms with Crippen molar-refractivity contribution in [3.8, 4) is 11.6 Å². The first kappa shape index (κ1) is 14.3. The number of benzene rings is 1. The highest BCUT2D eigenvalue weighted by molar-refractivity contribution is 6.35. The monoisotopic (exact) mass is 330 g/mol. The van der Waals surface area contributed by atoms with E-state index >= 15 is 0 Å². The number of hydrogen-bond acceptors (Lipinski definition) is 2. The van der Waals surface area contributed by atoms with Crippen LogP contribution >= 0.6 is 34.8 Å². The second-order valence-electron chi connectivity index (χ2n) is 3.49. The summed E-state index contributed by atoms with van der Waals surface area (Å²) in [6.45, 7) is 0. The Hall–Kier alpha value is -1.11. The minimum Gasteiger partial charge on any atom is -0.492 e. The number of hydrogen-bond donors (Lipinski definition) is 1. The quantitative estimate of drug-likeness (QED) is 0.832. The molecule has 0 radical (unpaired) electrons. The van der Waals surface area contributed by atoms with Gasteiger partial charge in [-0.1, -0.05) is 34.8 Å². The molecule has 0 saturated heterocycles. The summed E-state index contributed by atoms with van der Waals surface area (Å²) in [5.41, 5.74) is -1.41. The molecule has 0 saturated carbocycles. The number of halogens is 6. The summed E-state index contributed by atoms with van der Waals surface area (Å²) in [5, 5.41) is 12.2. The van der Waals surface area contributed by atoms with E-state index in [0.29, 0.717) is 4.68 Å². The molecule has 0 atom stereocenters. The molecule has 2 aromatic rings. The summed E-state index contributed by atoms with van der Waals surface area (Å²) in [7, 11) is 0. The van der Waals surface area contributed by atoms with Gasteiger partial charge in [0.1, 0.15) is 5.02 Å². The molecule has 0 spiro atoms. The van der Waals surface area contributed by atoms with Crippen LogP contribution in [0.5, 0.6) is 5.88 Å². The lowest BCUT2D eigenvalue weighted by Gasteiger charge is -2.06. The molecule has 0 bridgehead atoms. The average Bonchev–Trinajstić information content (AvgIpc) is 2.59. The standard InChI is InChI=1S/C10H4Cl3F3N2O/c11-4-1-2-5(12)6(3-4)18-9(19)7(13)8(17-18)10(14,15)16/h1-3,19H. The van der Waals surface area contributed by atoms with E-state index in [1.165, 1.54) is 18.2 Å². The van der Waals surface area contributed by atoms with E-state index in [9.17, 15) is 18.3 Å². The van der Waals surface area contributed by atoms with Crippen LogP contribution in [-0.4, -0.2) is 14.9 Å². The van der Waals surface area contributed by atoms with Gasteiger partial charge < -0.3 is 5.11 Å². The molecular weight excluding hydrogens is 327 g/mol. The Labute approximate surface area is 120 Å². The first-order chi connectivity index (χ1) is 8.71. The van der Waals surface area contributed by atoms with Gasteiger partial charge in [-0.25, -0.2) is 0 Å². The maximum Gasteiger partial charge on any atom is 0.436 e. The molecule has 1 heterocycles. The molecule has 0 fully saturated rings. The molecule has 9 heteroatoms. The van der Waals surface area contributed by atoms with Crippen LogP contribution in [0, 0.1) is 0 Å². The van der Waals surface area contributed by atoms with Crippen LogP contribution in [-0.2, 0) is 6.18 Å². The normalized spacial score (nSPS) is 11.9. The van der Waals surface area contributed by atoms with Crippen molar-refractivity contribution in [2.75, 3.05) is 0 Å². The highest BCUT2D eigenvalue weighted by atomic mass is 35.5. The molecule has 1 aromatic heterocycles. The molecule has 0 aliphatic heterocycles. The highest BCUT2D eigenvalue weighted by Gasteiger charge is 2.39. The zero-order valence-electron chi connectivity index (χ0n) is 8.84. The van der Waals surface area contributed by atoms with Gasteiger partial charge in [-0.05, 0) is 18.2 Å². The minimum absolute atomic E-state index is 0.0101. The van der Waals surface area contributed by atoms with Crippen LogP contribution < -0.4 is 0 Å². The molecule has 0 unspecified atom stereocenters. The van der Waals surface area contributed by atoms with Crippen molar-refractivity contribution < 1.29 is 18.3 Å². The van der Waals surface area contributed by atoms with E-state index in [1.54, 1.807) is 0 Å². The van der Waals surface area contributed by atoms with Gasteiger partial charge in [-0.3, -0.25) is 0 Å². The van der Waals surface area contributed by atoms with Gasteiger partial charge in [0.25, 0.3) is 0 Å². The van der Waals surface area contributed by atoms with Crippen molar-refractivity contribution >= 4 is 34.8 Å². The number of nitrogens with zero attached hydrogens (tertiary/aromatic N) is 2. The first-order valence-corrected chi connectivity index (χ1v) is 5.85. The fraction of sp³-hybridized carbons (Fsp3) is 0.100. The Morgan fingerprint density at radius 1 is 1.16 bits per heavy atom. The Morgan fingerprint density at radius 3 is 2.32 bits per heavy atom. The average molecular weight is 332 g/mol. The molecule has 1 N–H and O–H groups in total. The lowest BCUT2D eigenvalue weighted by atomic mass is 10.3. The van der Waals surface area contributed by atoms with Crippen molar-refractivity contribution in [2.45, 2.75) is 6.18 Å². The maximum atomic E-state index is 12.6. The summed E-state index contributed by atoms with van der Waals surface area (Å²) >= 11 is 17.0. The van der Waals surface area contributed by atoms with Crippen molar-refractivity contribution in [3.05, 3.63) is 39.0 Å². The van der Waals surface area contributed by atoms with Gasteiger partial charge in [0.2, 0.25) is 5.88 Å². The predicted octanol–water partition coefficient (Wildman–Crippen LogP) is 4.56. The molecule has 0 amide bonds. The summed E-state index contributed by atoms with van der Waals surface area (Å²) < 4.78 is 38.4. The maximum absolute atomic E-state index is 12.6. The largest absolute Gasteiger partial charge is 0.492 e. The summed E-state index contributed by atoms with van der Waals surface area (Å²) in [5.74, 6) is -0.863. The van der Waals surface area contributed by atoms with Gasteiger partial charge in [0.15, 0.2) is 5.69 Å². The Balaban J connectivity index is 2.67. The third-order valence-corrected chi connectivity index (χ3v) is 3.11. The van der Waals surface area contributed by atoms with E-state index in [2.05, 4.69) is 5.10 Å². The molecule has 19 heavy (non-hydrogen) atoms. The van der Waals surface area contributed by atoms with E-state index in [1.807, 2.05) is 0 Å². The van der Waals surface area contributed by atoms with Crippen LogP contribution in [0.3, 0.4) is 0 Å². The summed E-state index contributed by atoms with van der Waals surface area (Å²) in [4.78, 5) is 0. The van der Waals surface area contributed by atoms with E-state index in [0.717, 1.165) is 0 Å². The lowest BCUT2D eigenvalue weighted by molar-refractivity contribution is -0.141. The van der Waals surface area contributed by atoms with Gasteiger partial charge in [0.05, 0.1) is 10.7 Å². The molecule has 2 rings (SSSR count). The SMILES string of the molecule is Oc1c(Cl)c(C(F)(F)F)nn1-c1cc(Cl)ccc1Cl. The third kappa shape index (κ3) is 2.61. The second-order valence-corrected chi connectivity index (χ2v) is 4.71. The van der Waals surface area contributed by atoms with E-state index in [-0.39, 0.29) is 15.7 Å². The van der Waals surface area contributed by atoms with Crippen LogP contribution in [0.15, 0.2) is 18.2 Å². The lowest BCUT2D eigenvalue weighted by Crippen LogP contribution is -2.08. The van der Waals surface area contributed by atoms with Gasteiger partial charge in [0, 0.05) is 5.02 Å². The summed E-state index contributed by atoms with van der Waals surface area (Å²) in [6.07, 6.45) is -4.79. The molecular formula is C10H4Cl3F3N2O. The molecule has 0 aliphatic carbocycles. The van der Waals surface area contributed by atoms with Crippen molar-refractivity contribution in [1.29, 1.82) is 0 Å². The van der Waals surface area contributed by atoms with E-state index < -0.39 is 22.8 Å². The first-order valence-electron chi connectivity index (χ1n) is 4.72. The van der Waals surface area contributed by atoms with Crippen molar-refractivity contribution in [3.63, 3.8) is 0 Å². The topological polar surface area (TPSA) is 38.1 Å². The Morgan fingerprint density at radius 2 is 1.79 bits per heavy atom. The van der Waals surface area contributed by atoms with Crippen LogP contribution in [0.2, 0.25) is 15.1 Å². The van der Waals surface area contributed by atoms with Crippen molar-refractivity contribution in [2.24, 2.45) is 0 Å². The van der Waals surface area contributed by atoms with Crippen LogP contribution in [0.25, 0.3) is 5.69 Å². The second kappa shape index (κ2) is 4.77. The van der Waals surface area contributed by atoms with Gasteiger partial charge in [-0.15, -0.1) is 0 Å². The van der Waals surface area contributed by atoms with Crippen LogP contribution in [0.4, 0.5) is 13.2 Å². The van der Waals surface area contributed by atoms with Crippen LogP contribution in [0.1, 0.15) is 5.69 Å². The fourth-order valence-electron chi connectivity index (χ4n) is 1.39. The minimum atomic E-state index is -4.79. The fourth-order valence-corrected chi connectivity index (χ4v) is 1.98. The van der Waals surface area contributed by atoms with Gasteiger partial charge in [-0.2, -0.15) is 23.0 Å². The summed E-state index contributed by atoms with van der Waals surface area (Å²) in [6, 6.07) is 4.06. The van der Waals surface area contributed by atoms with Gasteiger partial charge >= 0.3 is 6.18 Å². The van der Waals surface area contributed by atoms with Crippen molar-refractivity contribution in [1.82, 2.24) is 9.78 Å². The number of alkyl halides is 3. The molecule has 102 valence electrons. The molecule has 3 nitrogen and oxygen atoms in total. The smallest absolute Gasteiger partial charge is 0.436 e. The third-order valence-electron chi connectivity index (χ3n) is 2.21. The Kier molecular flexibility index (Phi) is 3.59. The van der Waals surface area contributed by atoms with E-state index in [4.69, 9.17) is 34.8 Å². The number of rotatable bonds is 1. The number of aromatic hydroxyl groups is 1. The zero-order chi connectivity index (χ0) is 14.4. The molecule has 1 aromatic carbocycles. The predicted molar refractivity (Wildman–Crippen MR) is 65.3 cm³/mol. The Bertz CT molecular complexity index is 640. The highest BCUT2D eigenvalue weighted by Crippen LogP contribution is 2.40. The molecule has 0 aliphatic rings. The zero-order valence-corrected chi connectivity index (χ0v) is 11.1. The number of aromatic nitrogens is 2.